The third kappa shape index (κ3) is 4.56. The van der Waals surface area contributed by atoms with E-state index in [1.165, 1.54) is 12.1 Å². The number of thiocarbonyl (C=S) groups is 1. The number of aromatic amines is 1. The molecule has 0 bridgehead atoms. The van der Waals surface area contributed by atoms with Crippen LogP contribution < -0.4 is 10.6 Å². The molecular weight excluding hydrogens is 423 g/mol. The number of hydrogen-bond acceptors (Lipinski definition) is 2. The van der Waals surface area contributed by atoms with E-state index < -0.39 is 11.7 Å². The highest BCUT2D eigenvalue weighted by Crippen LogP contribution is 2.31. The van der Waals surface area contributed by atoms with Gasteiger partial charge >= 0.3 is 6.18 Å². The molecule has 9 heteroatoms. The zero-order chi connectivity index (χ0) is 22.2. The summed E-state index contributed by atoms with van der Waals surface area (Å²) in [6.07, 6.45) is 1.26. The molecule has 2 heterocycles. The Morgan fingerprint density at radius 1 is 1.06 bits per heavy atom. The summed E-state index contributed by atoms with van der Waals surface area (Å²) in [5, 5.41) is 11.6. The first-order valence-electron chi connectivity index (χ1n) is 9.61. The summed E-state index contributed by atoms with van der Waals surface area (Å²) in [4.78, 5) is 3.19. The van der Waals surface area contributed by atoms with Gasteiger partial charge in [0.05, 0.1) is 17.4 Å². The topological polar surface area (TPSA) is 57.7 Å². The number of fused-ring (bicyclic) bond motifs is 1. The molecule has 160 valence electrons. The zero-order valence-corrected chi connectivity index (χ0v) is 17.6. The van der Waals surface area contributed by atoms with Gasteiger partial charge in [-0.1, -0.05) is 6.07 Å². The van der Waals surface area contributed by atoms with Crippen LogP contribution in [0, 0.1) is 0 Å². The van der Waals surface area contributed by atoms with Crippen LogP contribution in [-0.4, -0.2) is 19.9 Å². The van der Waals surface area contributed by atoms with Crippen LogP contribution >= 0.6 is 12.2 Å². The predicted octanol–water partition coefficient (Wildman–Crippen LogP) is 6.44. The monoisotopic (exact) mass is 443 g/mol. The van der Waals surface area contributed by atoms with Gasteiger partial charge in [-0.15, -0.1) is 0 Å². The minimum absolute atomic E-state index is 0.274. The van der Waals surface area contributed by atoms with Crippen LogP contribution in [0.2, 0.25) is 0 Å². The molecular formula is C22H20F3N5S. The van der Waals surface area contributed by atoms with Gasteiger partial charge in [0.25, 0.3) is 0 Å². The minimum atomic E-state index is -4.37. The molecule has 3 N–H and O–H groups in total. The molecule has 2 aromatic carbocycles. The van der Waals surface area contributed by atoms with E-state index in [-0.39, 0.29) is 11.2 Å². The van der Waals surface area contributed by atoms with E-state index >= 15 is 0 Å². The third-order valence-electron chi connectivity index (χ3n) is 4.86. The summed E-state index contributed by atoms with van der Waals surface area (Å²) in [5.74, 6) is 0. The molecule has 0 aliphatic rings. The molecule has 0 saturated heterocycles. The summed E-state index contributed by atoms with van der Waals surface area (Å²) >= 11 is 5.34. The van der Waals surface area contributed by atoms with Crippen molar-refractivity contribution >= 4 is 39.6 Å². The summed E-state index contributed by atoms with van der Waals surface area (Å²) in [6, 6.07) is 11.0. The number of benzene rings is 2. The zero-order valence-electron chi connectivity index (χ0n) is 16.8. The first-order valence-corrected chi connectivity index (χ1v) is 10.0. The van der Waals surface area contributed by atoms with Crippen LogP contribution in [0.5, 0.6) is 0 Å². The Hall–Kier alpha value is -3.33. The lowest BCUT2D eigenvalue weighted by Crippen LogP contribution is -2.19. The van der Waals surface area contributed by atoms with Gasteiger partial charge in [-0.3, -0.25) is 4.68 Å². The fourth-order valence-corrected chi connectivity index (χ4v) is 3.43. The minimum Gasteiger partial charge on any atom is -0.359 e. The van der Waals surface area contributed by atoms with Gasteiger partial charge in [0.2, 0.25) is 0 Å². The fourth-order valence-electron chi connectivity index (χ4n) is 3.20. The molecule has 2 aromatic heterocycles. The van der Waals surface area contributed by atoms with Crippen molar-refractivity contribution in [2.75, 3.05) is 10.6 Å². The number of hydrogen-bond donors (Lipinski definition) is 3. The number of anilines is 2. The maximum Gasteiger partial charge on any atom is 0.416 e. The Morgan fingerprint density at radius 2 is 1.81 bits per heavy atom. The highest BCUT2D eigenvalue weighted by Gasteiger charge is 2.29. The Bertz CT molecular complexity index is 1220. The molecule has 0 unspecified atom stereocenters. The van der Waals surface area contributed by atoms with E-state index in [2.05, 4.69) is 34.6 Å². The summed E-state index contributed by atoms with van der Waals surface area (Å²) in [5.41, 5.74) is 3.48. The van der Waals surface area contributed by atoms with Gasteiger partial charge in [0.1, 0.15) is 0 Å². The summed E-state index contributed by atoms with van der Waals surface area (Å²) in [6.45, 7) is 4.14. The molecule has 5 nitrogen and oxygen atoms in total. The van der Waals surface area contributed by atoms with Crippen LogP contribution in [0.25, 0.3) is 22.0 Å². The fraction of sp³-hybridized carbons (Fsp3) is 0.182. The SMILES string of the molecule is CC(C)n1cc(-c2ccc3[nH]cc(NC(=S)Nc4ccc(C(F)(F)F)cc4)c3c2)cn1. The molecule has 0 fully saturated rings. The van der Waals surface area contributed by atoms with Gasteiger partial charge in [0.15, 0.2) is 5.11 Å². The lowest BCUT2D eigenvalue weighted by atomic mass is 10.1. The lowest BCUT2D eigenvalue weighted by Gasteiger charge is -2.11. The predicted molar refractivity (Wildman–Crippen MR) is 121 cm³/mol. The van der Waals surface area contributed by atoms with Crippen molar-refractivity contribution in [2.24, 2.45) is 0 Å². The van der Waals surface area contributed by atoms with Crippen molar-refractivity contribution in [3.8, 4) is 11.1 Å². The van der Waals surface area contributed by atoms with Gasteiger partial charge in [-0.05, 0) is 68.0 Å². The van der Waals surface area contributed by atoms with Gasteiger partial charge < -0.3 is 15.6 Å². The number of nitrogens with zero attached hydrogens (tertiary/aromatic N) is 2. The van der Waals surface area contributed by atoms with Crippen molar-refractivity contribution in [3.05, 3.63) is 66.6 Å². The lowest BCUT2D eigenvalue weighted by molar-refractivity contribution is -0.137. The molecule has 0 saturated carbocycles. The second-order valence-electron chi connectivity index (χ2n) is 7.42. The van der Waals surface area contributed by atoms with Crippen molar-refractivity contribution in [2.45, 2.75) is 26.1 Å². The van der Waals surface area contributed by atoms with Crippen molar-refractivity contribution in [1.82, 2.24) is 14.8 Å². The Morgan fingerprint density at radius 3 is 2.45 bits per heavy atom. The second kappa shape index (κ2) is 8.07. The molecule has 0 radical (unpaired) electrons. The van der Waals surface area contributed by atoms with E-state index in [9.17, 15) is 13.2 Å². The van der Waals surface area contributed by atoms with E-state index in [1.54, 1.807) is 6.20 Å². The number of nitrogens with one attached hydrogen (secondary N) is 3. The van der Waals surface area contributed by atoms with E-state index in [0.717, 1.165) is 39.8 Å². The van der Waals surface area contributed by atoms with Crippen molar-refractivity contribution in [3.63, 3.8) is 0 Å². The van der Waals surface area contributed by atoms with Crippen LogP contribution in [0.1, 0.15) is 25.5 Å². The van der Waals surface area contributed by atoms with Crippen LogP contribution in [0.15, 0.2) is 61.1 Å². The molecule has 31 heavy (non-hydrogen) atoms. The maximum absolute atomic E-state index is 12.7. The van der Waals surface area contributed by atoms with E-state index in [4.69, 9.17) is 12.2 Å². The number of rotatable bonds is 4. The normalized spacial score (nSPS) is 11.8. The van der Waals surface area contributed by atoms with Gasteiger partial charge in [0, 0.05) is 40.6 Å². The maximum atomic E-state index is 12.7. The van der Waals surface area contributed by atoms with Crippen molar-refractivity contribution in [1.29, 1.82) is 0 Å². The molecule has 4 rings (SSSR count). The molecule has 0 atom stereocenters. The van der Waals surface area contributed by atoms with E-state index in [1.807, 2.05) is 35.3 Å². The number of halogens is 3. The largest absolute Gasteiger partial charge is 0.416 e. The first-order chi connectivity index (χ1) is 14.7. The molecule has 0 aliphatic carbocycles. The highest BCUT2D eigenvalue weighted by molar-refractivity contribution is 7.80. The van der Waals surface area contributed by atoms with Crippen LogP contribution in [-0.2, 0) is 6.18 Å². The second-order valence-corrected chi connectivity index (χ2v) is 7.83. The summed E-state index contributed by atoms with van der Waals surface area (Å²) in [7, 11) is 0. The quantitative estimate of drug-likeness (QED) is 0.318. The van der Waals surface area contributed by atoms with Crippen LogP contribution in [0.4, 0.5) is 24.5 Å². The molecule has 4 aromatic rings. The standard InChI is InChI=1S/C22H20F3N5S/c1-13(2)30-12-15(10-27-30)14-3-8-19-18(9-14)20(11-26-19)29-21(31)28-17-6-4-16(5-7-17)22(23,24)25/h3-13,26H,1-2H3,(H2,28,29,31). The molecule has 0 spiro atoms. The average Bonchev–Trinajstić information content (AvgIpc) is 3.35. The smallest absolute Gasteiger partial charge is 0.359 e. The van der Waals surface area contributed by atoms with Crippen molar-refractivity contribution < 1.29 is 13.2 Å². The van der Waals surface area contributed by atoms with Gasteiger partial charge in [-0.2, -0.15) is 18.3 Å². The third-order valence-corrected chi connectivity index (χ3v) is 5.07. The molecule has 0 amide bonds. The molecule has 0 aliphatic heterocycles. The number of aromatic nitrogens is 3. The van der Waals surface area contributed by atoms with Crippen LogP contribution in [0.3, 0.4) is 0 Å². The Balaban J connectivity index is 1.52. The Kier molecular flexibility index (Phi) is 5.45. The van der Waals surface area contributed by atoms with Gasteiger partial charge in [-0.25, -0.2) is 0 Å². The number of H-pyrrole nitrogens is 1. The first kappa shape index (κ1) is 20.9. The van der Waals surface area contributed by atoms with E-state index in [0.29, 0.717) is 5.69 Å². The summed E-state index contributed by atoms with van der Waals surface area (Å²) < 4.78 is 40.0. The highest BCUT2D eigenvalue weighted by atomic mass is 32.1. The Labute approximate surface area is 182 Å². The average molecular weight is 443 g/mol. The number of alkyl halides is 3.